The number of hydrogen-bond donors (Lipinski definition) is 0. The van der Waals surface area contributed by atoms with Crippen LogP contribution in [0.4, 0.5) is 0 Å². The molecule has 27 heavy (non-hydrogen) atoms. The summed E-state index contributed by atoms with van der Waals surface area (Å²) in [7, 11) is 4.82. The first-order valence-electron chi connectivity index (χ1n) is 8.62. The van der Waals surface area contributed by atoms with E-state index in [2.05, 4.69) is 20.8 Å². The minimum Gasteiger partial charge on any atom is -0.493 e. The quantitative estimate of drug-likeness (QED) is 0.690. The fourth-order valence-corrected chi connectivity index (χ4v) is 3.53. The monoisotopic (exact) mass is 438 g/mol. The smallest absolute Gasteiger partial charge is 0.289 e. The van der Waals surface area contributed by atoms with Crippen molar-refractivity contribution in [1.82, 2.24) is 9.80 Å². The Labute approximate surface area is 166 Å². The average Bonchev–Trinajstić information content (AvgIpc) is 3.13. The van der Waals surface area contributed by atoms with Crippen molar-refractivity contribution in [2.45, 2.75) is 6.54 Å². The van der Waals surface area contributed by atoms with Gasteiger partial charge in [-0.25, -0.2) is 0 Å². The Hall–Kier alpha value is -2.19. The number of piperazine rings is 1. The molecule has 1 aromatic carbocycles. The Kier molecular flexibility index (Phi) is 6.28. The second-order valence-electron chi connectivity index (χ2n) is 6.17. The molecule has 1 saturated heterocycles. The van der Waals surface area contributed by atoms with E-state index in [0.717, 1.165) is 18.7 Å². The highest BCUT2D eigenvalue weighted by molar-refractivity contribution is 9.10. The van der Waals surface area contributed by atoms with Crippen LogP contribution in [0.25, 0.3) is 0 Å². The maximum Gasteiger partial charge on any atom is 0.289 e. The van der Waals surface area contributed by atoms with E-state index >= 15 is 0 Å². The zero-order valence-electron chi connectivity index (χ0n) is 15.7. The van der Waals surface area contributed by atoms with Crippen LogP contribution >= 0.6 is 15.9 Å². The van der Waals surface area contributed by atoms with Crippen LogP contribution in [0, 0.1) is 0 Å². The predicted molar refractivity (Wildman–Crippen MR) is 104 cm³/mol. The third kappa shape index (κ3) is 4.22. The van der Waals surface area contributed by atoms with Gasteiger partial charge in [0.1, 0.15) is 0 Å². The van der Waals surface area contributed by atoms with Crippen LogP contribution in [0.15, 0.2) is 33.4 Å². The molecule has 0 atom stereocenters. The van der Waals surface area contributed by atoms with Gasteiger partial charge in [-0.1, -0.05) is 6.07 Å². The highest BCUT2D eigenvalue weighted by atomic mass is 79.9. The maximum absolute atomic E-state index is 12.5. The van der Waals surface area contributed by atoms with Gasteiger partial charge in [0, 0.05) is 38.3 Å². The number of ether oxygens (including phenoxy) is 3. The van der Waals surface area contributed by atoms with Crippen molar-refractivity contribution in [3.63, 3.8) is 0 Å². The average molecular weight is 439 g/mol. The number of methoxy groups -OCH3 is 3. The first-order chi connectivity index (χ1) is 13.1. The lowest BCUT2D eigenvalue weighted by atomic mass is 10.1. The van der Waals surface area contributed by atoms with Gasteiger partial charge in [0.05, 0.1) is 21.3 Å². The van der Waals surface area contributed by atoms with Crippen LogP contribution in [0.3, 0.4) is 0 Å². The lowest BCUT2D eigenvalue weighted by Gasteiger charge is -2.34. The molecular weight excluding hydrogens is 416 g/mol. The first kappa shape index (κ1) is 19.6. The van der Waals surface area contributed by atoms with Crippen LogP contribution < -0.4 is 14.2 Å². The number of nitrogens with zero attached hydrogens (tertiary/aromatic N) is 2. The lowest BCUT2D eigenvalue weighted by molar-refractivity contribution is 0.0595. The number of rotatable bonds is 6. The zero-order valence-corrected chi connectivity index (χ0v) is 17.2. The summed E-state index contributed by atoms with van der Waals surface area (Å²) in [5, 5.41) is 0. The van der Waals surface area contributed by atoms with E-state index in [9.17, 15) is 4.79 Å². The molecule has 0 unspecified atom stereocenters. The number of amides is 1. The number of furan rings is 1. The molecule has 0 aliphatic carbocycles. The summed E-state index contributed by atoms with van der Waals surface area (Å²) >= 11 is 3.23. The molecule has 146 valence electrons. The van der Waals surface area contributed by atoms with Gasteiger partial charge < -0.3 is 23.5 Å². The second-order valence-corrected chi connectivity index (χ2v) is 6.95. The summed E-state index contributed by atoms with van der Waals surface area (Å²) in [6, 6.07) is 7.28. The highest BCUT2D eigenvalue weighted by Crippen LogP contribution is 2.40. The fraction of sp³-hybridized carbons (Fsp3) is 0.421. The Morgan fingerprint density at radius 3 is 2.26 bits per heavy atom. The standard InChI is InChI=1S/C19H23BrN2O5/c1-24-14-5-4-13(17(25-2)18(14)26-3)12-21-8-10-22(11-9-21)19(23)15-6-7-16(20)27-15/h4-7H,8-12H2,1-3H3. The topological polar surface area (TPSA) is 64.4 Å². The Morgan fingerprint density at radius 1 is 1.00 bits per heavy atom. The summed E-state index contributed by atoms with van der Waals surface area (Å²) in [4.78, 5) is 16.6. The van der Waals surface area contributed by atoms with Crippen molar-refractivity contribution in [2.75, 3.05) is 47.5 Å². The number of benzene rings is 1. The molecule has 7 nitrogen and oxygen atoms in total. The van der Waals surface area contributed by atoms with Crippen LogP contribution in [-0.2, 0) is 6.54 Å². The lowest BCUT2D eigenvalue weighted by Crippen LogP contribution is -2.48. The van der Waals surface area contributed by atoms with Gasteiger partial charge >= 0.3 is 0 Å². The van der Waals surface area contributed by atoms with Gasteiger partial charge in [-0.2, -0.15) is 0 Å². The van der Waals surface area contributed by atoms with Crippen molar-refractivity contribution in [3.8, 4) is 17.2 Å². The van der Waals surface area contributed by atoms with Gasteiger partial charge in [-0.3, -0.25) is 9.69 Å². The largest absolute Gasteiger partial charge is 0.493 e. The molecule has 1 amide bonds. The number of carbonyl (C=O) groups excluding carboxylic acids is 1. The third-order valence-corrected chi connectivity index (χ3v) is 5.05. The molecule has 8 heteroatoms. The minimum absolute atomic E-state index is 0.0796. The zero-order chi connectivity index (χ0) is 19.4. The van der Waals surface area contributed by atoms with Crippen molar-refractivity contribution >= 4 is 21.8 Å². The fourth-order valence-electron chi connectivity index (χ4n) is 3.22. The normalized spacial score (nSPS) is 14.9. The Morgan fingerprint density at radius 2 is 1.70 bits per heavy atom. The SMILES string of the molecule is COc1ccc(CN2CCN(C(=O)c3ccc(Br)o3)CC2)c(OC)c1OC. The van der Waals surface area contributed by atoms with Crippen LogP contribution in [0.5, 0.6) is 17.2 Å². The second kappa shape index (κ2) is 8.67. The molecular formula is C19H23BrN2O5. The molecule has 2 aromatic rings. The molecule has 0 bridgehead atoms. The molecule has 1 fully saturated rings. The molecule has 1 aliphatic rings. The maximum atomic E-state index is 12.5. The van der Waals surface area contributed by atoms with Crippen LogP contribution in [-0.4, -0.2) is 63.2 Å². The molecule has 0 N–H and O–H groups in total. The van der Waals surface area contributed by atoms with Crippen LogP contribution in [0.2, 0.25) is 0 Å². The van der Waals surface area contributed by atoms with Crippen LogP contribution in [0.1, 0.15) is 16.1 Å². The van der Waals surface area contributed by atoms with Gasteiger partial charge in [-0.15, -0.1) is 0 Å². The molecule has 0 radical (unpaired) electrons. The van der Waals surface area contributed by atoms with E-state index in [1.165, 1.54) is 0 Å². The first-order valence-corrected chi connectivity index (χ1v) is 9.41. The molecule has 1 aromatic heterocycles. The number of hydrogen-bond acceptors (Lipinski definition) is 6. The Bertz CT molecular complexity index is 799. The van der Waals surface area contributed by atoms with Gasteiger partial charge in [0.15, 0.2) is 21.9 Å². The minimum atomic E-state index is -0.0796. The molecule has 3 rings (SSSR count). The molecule has 0 spiro atoms. The number of halogens is 1. The summed E-state index contributed by atoms with van der Waals surface area (Å²) < 4.78 is 22.3. The Balaban J connectivity index is 1.65. The van der Waals surface area contributed by atoms with E-state index in [0.29, 0.717) is 47.3 Å². The summed E-state index contributed by atoms with van der Waals surface area (Å²) in [5.41, 5.74) is 1.02. The van der Waals surface area contributed by atoms with Gasteiger partial charge in [0.2, 0.25) is 5.75 Å². The molecule has 1 aliphatic heterocycles. The van der Waals surface area contributed by atoms with Crippen molar-refractivity contribution in [2.24, 2.45) is 0 Å². The van der Waals surface area contributed by atoms with E-state index in [1.807, 2.05) is 17.0 Å². The van der Waals surface area contributed by atoms with E-state index in [4.69, 9.17) is 18.6 Å². The highest BCUT2D eigenvalue weighted by Gasteiger charge is 2.25. The van der Waals surface area contributed by atoms with Gasteiger partial charge in [-0.05, 0) is 34.1 Å². The summed E-state index contributed by atoms with van der Waals surface area (Å²) in [6.07, 6.45) is 0. The predicted octanol–water partition coefficient (Wildman–Crippen LogP) is 3.03. The molecule has 0 saturated carbocycles. The van der Waals surface area contributed by atoms with E-state index in [1.54, 1.807) is 33.5 Å². The van der Waals surface area contributed by atoms with E-state index < -0.39 is 0 Å². The number of carbonyl (C=O) groups is 1. The van der Waals surface area contributed by atoms with Crippen molar-refractivity contribution in [3.05, 3.63) is 40.3 Å². The van der Waals surface area contributed by atoms with Crippen molar-refractivity contribution in [1.29, 1.82) is 0 Å². The molecule has 2 heterocycles. The van der Waals surface area contributed by atoms with E-state index in [-0.39, 0.29) is 5.91 Å². The summed E-state index contributed by atoms with van der Waals surface area (Å²) in [5.74, 6) is 2.18. The van der Waals surface area contributed by atoms with Crippen molar-refractivity contribution < 1.29 is 23.4 Å². The summed E-state index contributed by atoms with van der Waals surface area (Å²) in [6.45, 7) is 3.54. The van der Waals surface area contributed by atoms with Gasteiger partial charge in [0.25, 0.3) is 5.91 Å². The third-order valence-electron chi connectivity index (χ3n) is 4.62.